The van der Waals surface area contributed by atoms with E-state index in [0.29, 0.717) is 0 Å². The van der Waals surface area contributed by atoms with Crippen molar-refractivity contribution in [3.63, 3.8) is 0 Å². The topological polar surface area (TPSA) is 32.7 Å². The molecule has 1 N–H and O–H groups in total. The molecule has 0 atom stereocenters. The molecule has 0 bridgehead atoms. The van der Waals surface area contributed by atoms with Crippen molar-refractivity contribution in [3.05, 3.63) is 30.3 Å². The minimum Gasteiger partial charge on any atom is -0.374 e. The van der Waals surface area contributed by atoms with Crippen LogP contribution in [0.1, 0.15) is 0 Å². The normalized spacial score (nSPS) is 9.64. The van der Waals surface area contributed by atoms with Crippen molar-refractivity contribution in [1.82, 2.24) is 0 Å². The van der Waals surface area contributed by atoms with E-state index in [-0.39, 0.29) is 6.73 Å². The molecular formula is C8H11NO2. The van der Waals surface area contributed by atoms with Gasteiger partial charge >= 0.3 is 0 Å². The molecule has 0 unspecified atom stereocenters. The third kappa shape index (κ3) is 1.93. The summed E-state index contributed by atoms with van der Waals surface area (Å²) in [5, 5.41) is 10.2. The van der Waals surface area contributed by atoms with Crippen molar-refractivity contribution in [1.29, 1.82) is 0 Å². The average molecular weight is 153 g/mol. The Morgan fingerprint density at radius 1 is 1.36 bits per heavy atom. The summed E-state index contributed by atoms with van der Waals surface area (Å²) < 4.78 is 0. The van der Waals surface area contributed by atoms with Crippen molar-refractivity contribution in [2.75, 3.05) is 18.9 Å². The van der Waals surface area contributed by atoms with Gasteiger partial charge in [-0.2, -0.15) is 0 Å². The number of aliphatic hydroxyl groups excluding tert-OH is 1. The Balaban J connectivity index is 2.74. The monoisotopic (exact) mass is 153 g/mol. The van der Waals surface area contributed by atoms with E-state index < -0.39 is 0 Å². The summed E-state index contributed by atoms with van der Waals surface area (Å²) in [4.78, 5) is 4.87. The van der Waals surface area contributed by atoms with Crippen molar-refractivity contribution >= 4 is 5.69 Å². The molecule has 0 amide bonds. The highest BCUT2D eigenvalue weighted by Crippen LogP contribution is 2.11. The maximum Gasteiger partial charge on any atom is 0.140 e. The molecule has 0 radical (unpaired) electrons. The highest BCUT2D eigenvalue weighted by molar-refractivity contribution is 5.42. The summed E-state index contributed by atoms with van der Waals surface area (Å²) >= 11 is 0. The van der Waals surface area contributed by atoms with Crippen LogP contribution in [0.2, 0.25) is 0 Å². The molecule has 0 fully saturated rings. The van der Waals surface area contributed by atoms with Crippen LogP contribution >= 0.6 is 0 Å². The minimum absolute atomic E-state index is 0.138. The van der Waals surface area contributed by atoms with E-state index in [1.165, 1.54) is 12.2 Å². The number of benzene rings is 1. The molecule has 0 saturated heterocycles. The van der Waals surface area contributed by atoms with Gasteiger partial charge in [0.25, 0.3) is 0 Å². The molecule has 0 aliphatic heterocycles. The van der Waals surface area contributed by atoms with Crippen LogP contribution in [0.3, 0.4) is 0 Å². The van der Waals surface area contributed by atoms with E-state index in [1.54, 1.807) is 0 Å². The van der Waals surface area contributed by atoms with Crippen LogP contribution in [0, 0.1) is 0 Å². The van der Waals surface area contributed by atoms with Gasteiger partial charge in [0.05, 0.1) is 12.8 Å². The quantitative estimate of drug-likeness (QED) is 0.519. The molecule has 0 aromatic heterocycles. The molecule has 0 aliphatic rings. The van der Waals surface area contributed by atoms with Gasteiger partial charge in [0.15, 0.2) is 0 Å². The van der Waals surface area contributed by atoms with Crippen LogP contribution in [0.4, 0.5) is 5.69 Å². The lowest BCUT2D eigenvalue weighted by Crippen LogP contribution is -2.22. The number of hydrogen-bond donors (Lipinski definition) is 1. The molecule has 0 aliphatic carbocycles. The van der Waals surface area contributed by atoms with Crippen molar-refractivity contribution in [2.45, 2.75) is 0 Å². The fraction of sp³-hybridized carbons (Fsp3) is 0.250. The molecule has 0 spiro atoms. The first kappa shape index (κ1) is 8.04. The first-order valence-electron chi connectivity index (χ1n) is 3.36. The fourth-order valence-electron chi connectivity index (χ4n) is 0.839. The molecule has 1 rings (SSSR count). The largest absolute Gasteiger partial charge is 0.374 e. The lowest BCUT2D eigenvalue weighted by Gasteiger charge is -2.17. The summed E-state index contributed by atoms with van der Waals surface area (Å²) in [5.41, 5.74) is 0.845. The number of hydroxylamine groups is 1. The predicted molar refractivity (Wildman–Crippen MR) is 43.0 cm³/mol. The van der Waals surface area contributed by atoms with Crippen LogP contribution in [0.5, 0.6) is 0 Å². The van der Waals surface area contributed by atoms with Crippen molar-refractivity contribution < 1.29 is 9.94 Å². The summed E-state index contributed by atoms with van der Waals surface area (Å²) in [6.45, 7) is -0.138. The first-order chi connectivity index (χ1) is 5.38. The predicted octanol–water partition coefficient (Wildman–Crippen LogP) is 1.00. The minimum atomic E-state index is -0.138. The van der Waals surface area contributed by atoms with E-state index in [4.69, 9.17) is 9.94 Å². The lowest BCUT2D eigenvalue weighted by molar-refractivity contribution is 0.101. The number of aliphatic hydroxyl groups is 1. The summed E-state index contributed by atoms with van der Waals surface area (Å²) in [5.74, 6) is 0. The Kier molecular flexibility index (Phi) is 2.89. The van der Waals surface area contributed by atoms with Crippen LogP contribution in [-0.2, 0) is 4.84 Å². The van der Waals surface area contributed by atoms with Gasteiger partial charge in [0.1, 0.15) is 6.73 Å². The number of rotatable bonds is 3. The molecule has 60 valence electrons. The molecule has 3 nitrogen and oxygen atoms in total. The average Bonchev–Trinajstić information content (AvgIpc) is 2.09. The molecular weight excluding hydrogens is 142 g/mol. The number of para-hydroxylation sites is 1. The zero-order valence-electron chi connectivity index (χ0n) is 6.40. The lowest BCUT2D eigenvalue weighted by atomic mass is 10.3. The van der Waals surface area contributed by atoms with Gasteiger partial charge in [-0.1, -0.05) is 18.2 Å². The standard InChI is InChI=1S/C8H11NO2/c1-11-9(7-10)8-5-3-2-4-6-8/h2-6,10H,7H2,1H3. The van der Waals surface area contributed by atoms with E-state index in [1.807, 2.05) is 30.3 Å². The Hall–Kier alpha value is -1.06. The molecule has 0 heterocycles. The van der Waals surface area contributed by atoms with Gasteiger partial charge in [0.2, 0.25) is 0 Å². The number of hydrogen-bond acceptors (Lipinski definition) is 3. The van der Waals surface area contributed by atoms with Crippen molar-refractivity contribution in [3.8, 4) is 0 Å². The molecule has 1 aromatic carbocycles. The summed E-state index contributed by atoms with van der Waals surface area (Å²) in [6.07, 6.45) is 0. The van der Waals surface area contributed by atoms with E-state index in [2.05, 4.69) is 0 Å². The number of anilines is 1. The zero-order chi connectivity index (χ0) is 8.10. The second kappa shape index (κ2) is 3.95. The van der Waals surface area contributed by atoms with E-state index >= 15 is 0 Å². The maximum absolute atomic E-state index is 8.78. The van der Waals surface area contributed by atoms with Crippen LogP contribution in [0.15, 0.2) is 30.3 Å². The highest BCUT2D eigenvalue weighted by Gasteiger charge is 1.99. The smallest absolute Gasteiger partial charge is 0.140 e. The Bertz CT molecular complexity index is 197. The van der Waals surface area contributed by atoms with Crippen LogP contribution in [-0.4, -0.2) is 18.9 Å². The van der Waals surface area contributed by atoms with Gasteiger partial charge in [-0.05, 0) is 12.1 Å². The Morgan fingerprint density at radius 3 is 2.45 bits per heavy atom. The number of nitrogens with zero attached hydrogens (tertiary/aromatic N) is 1. The fourth-order valence-corrected chi connectivity index (χ4v) is 0.839. The van der Waals surface area contributed by atoms with Gasteiger partial charge < -0.3 is 5.11 Å². The van der Waals surface area contributed by atoms with Gasteiger partial charge in [-0.3, -0.25) is 4.84 Å². The van der Waals surface area contributed by atoms with Gasteiger partial charge in [0, 0.05) is 0 Å². The van der Waals surface area contributed by atoms with Crippen LogP contribution < -0.4 is 5.06 Å². The highest BCUT2D eigenvalue weighted by atomic mass is 16.7. The van der Waals surface area contributed by atoms with Crippen LogP contribution in [0.25, 0.3) is 0 Å². The van der Waals surface area contributed by atoms with E-state index in [0.717, 1.165) is 5.69 Å². The van der Waals surface area contributed by atoms with E-state index in [9.17, 15) is 0 Å². The third-order valence-corrected chi connectivity index (χ3v) is 1.39. The molecule has 0 saturated carbocycles. The molecule has 3 heteroatoms. The summed E-state index contributed by atoms with van der Waals surface area (Å²) in [7, 11) is 1.52. The second-order valence-corrected chi connectivity index (χ2v) is 2.04. The maximum atomic E-state index is 8.78. The molecule has 1 aromatic rings. The van der Waals surface area contributed by atoms with Gasteiger partial charge in [-0.25, -0.2) is 5.06 Å². The SMILES string of the molecule is CON(CO)c1ccccc1. The first-order valence-corrected chi connectivity index (χ1v) is 3.36. The Labute approximate surface area is 65.8 Å². The second-order valence-electron chi connectivity index (χ2n) is 2.04. The summed E-state index contributed by atoms with van der Waals surface area (Å²) in [6, 6.07) is 9.40. The molecule has 11 heavy (non-hydrogen) atoms. The van der Waals surface area contributed by atoms with Crippen molar-refractivity contribution in [2.24, 2.45) is 0 Å². The van der Waals surface area contributed by atoms with Gasteiger partial charge in [-0.15, -0.1) is 0 Å². The Morgan fingerprint density at radius 2 is 2.00 bits per heavy atom. The zero-order valence-corrected chi connectivity index (χ0v) is 6.40. The third-order valence-electron chi connectivity index (χ3n) is 1.39.